The number of anilines is 1. The number of carbonyl (C=O) groups excluding carboxylic acids is 3. The van der Waals surface area contributed by atoms with Gasteiger partial charge in [-0.05, 0) is 17.9 Å². The second kappa shape index (κ2) is 9.94. The predicted molar refractivity (Wildman–Crippen MR) is 130 cm³/mol. The van der Waals surface area contributed by atoms with E-state index in [0.717, 1.165) is 21.5 Å². The van der Waals surface area contributed by atoms with Crippen molar-refractivity contribution in [2.24, 2.45) is 5.16 Å². The number of carbonyl (C=O) groups is 3. The first-order valence-corrected chi connectivity index (χ1v) is 13.5. The molecule has 37 heavy (non-hydrogen) atoms. The van der Waals surface area contributed by atoms with E-state index in [9.17, 15) is 19.5 Å². The summed E-state index contributed by atoms with van der Waals surface area (Å²) in [6.45, 7) is 0.162. The first kappa shape index (κ1) is 24.9. The van der Waals surface area contributed by atoms with E-state index < -0.39 is 29.2 Å². The molecule has 2 aliphatic heterocycles. The van der Waals surface area contributed by atoms with Crippen molar-refractivity contribution in [3.05, 3.63) is 35.6 Å². The number of β-lactam (4-membered cyclic amide) rings is 1. The van der Waals surface area contributed by atoms with Crippen LogP contribution < -0.4 is 20.7 Å². The van der Waals surface area contributed by atoms with Gasteiger partial charge in [0.2, 0.25) is 11.5 Å². The number of rotatable bonds is 8. The molecule has 15 nitrogen and oxygen atoms in total. The lowest BCUT2D eigenvalue weighted by atomic mass is 10.0. The SMILES string of the molecule is CO/N=C(/C(=O)N[C@@H]1C(=O)N2C(C(=O)[O-])=C(C[n+]3cnn4nc(SC)ccc43)CS[C@H]12)c1nsc(N)n1. The Bertz CT molecular complexity index is 1480. The number of hydrogen-bond donors (Lipinski definition) is 2. The largest absolute Gasteiger partial charge is 0.543 e. The normalized spacial score (nSPS) is 19.6. The monoisotopic (exact) mass is 562 g/mol. The Kier molecular flexibility index (Phi) is 6.69. The summed E-state index contributed by atoms with van der Waals surface area (Å²) in [7, 11) is 1.24. The Balaban J connectivity index is 1.37. The van der Waals surface area contributed by atoms with Gasteiger partial charge in [0.25, 0.3) is 23.8 Å². The van der Waals surface area contributed by atoms with Crippen LogP contribution in [0.3, 0.4) is 0 Å². The minimum atomic E-state index is -1.48. The molecule has 3 aromatic heterocycles. The summed E-state index contributed by atoms with van der Waals surface area (Å²) in [6, 6.07) is 2.67. The molecular weight excluding hydrogens is 544 g/mol. The number of nitrogens with one attached hydrogen (secondary N) is 1. The first-order chi connectivity index (χ1) is 17.8. The Morgan fingerprint density at radius 2 is 2.24 bits per heavy atom. The summed E-state index contributed by atoms with van der Waals surface area (Å²) in [5.74, 6) is -2.61. The zero-order chi connectivity index (χ0) is 26.3. The highest BCUT2D eigenvalue weighted by Crippen LogP contribution is 2.40. The standard InChI is InChI=1S/C19H18N10O5S3/c1-34-25-11(14-23-19(20)37-26-14)15(30)22-12-16(31)28-13(18(32)33)8(6-36-17(12)28)5-27-7-21-29-10(27)4-3-9(24-29)35-2/h3-4,7,12,17H,5-6H2,1-2H3,(H3-,20,22,23,26,30,32,33)/b25-11+/t12-,17-/m1/s1. The van der Waals surface area contributed by atoms with Gasteiger partial charge in [-0.15, -0.1) is 23.5 Å². The second-order valence-electron chi connectivity index (χ2n) is 7.66. The van der Waals surface area contributed by atoms with E-state index in [1.54, 1.807) is 10.9 Å². The molecule has 0 bridgehead atoms. The Labute approximate surface area is 220 Å². The van der Waals surface area contributed by atoms with Gasteiger partial charge in [-0.3, -0.25) is 14.5 Å². The molecule has 0 saturated carbocycles. The van der Waals surface area contributed by atoms with Gasteiger partial charge in [0.1, 0.15) is 23.6 Å². The first-order valence-electron chi connectivity index (χ1n) is 10.5. The quantitative estimate of drug-likeness (QED) is 0.0974. The summed E-state index contributed by atoms with van der Waals surface area (Å²) < 4.78 is 7.13. The Morgan fingerprint density at radius 1 is 1.43 bits per heavy atom. The summed E-state index contributed by atoms with van der Waals surface area (Å²) >= 11 is 3.66. The molecule has 5 rings (SSSR count). The third-order valence-electron chi connectivity index (χ3n) is 5.52. The van der Waals surface area contributed by atoms with Gasteiger partial charge in [-0.1, -0.05) is 10.3 Å². The van der Waals surface area contributed by atoms with Crippen molar-refractivity contribution in [1.82, 2.24) is 34.4 Å². The Hall–Kier alpha value is -3.77. The Morgan fingerprint density at radius 3 is 2.92 bits per heavy atom. The number of amides is 2. The number of fused-ring (bicyclic) bond motifs is 2. The fourth-order valence-electron chi connectivity index (χ4n) is 3.90. The smallest absolute Gasteiger partial charge is 0.290 e. The van der Waals surface area contributed by atoms with E-state index in [1.807, 2.05) is 18.4 Å². The fraction of sp³-hybridized carbons (Fsp3) is 0.316. The minimum Gasteiger partial charge on any atom is -0.543 e. The number of aliphatic carboxylic acids is 1. The number of nitrogens with zero attached hydrogens (tertiary/aromatic N) is 8. The lowest BCUT2D eigenvalue weighted by Crippen LogP contribution is -2.71. The van der Waals surface area contributed by atoms with Crippen molar-refractivity contribution in [3.63, 3.8) is 0 Å². The lowest BCUT2D eigenvalue weighted by Gasteiger charge is -2.50. The van der Waals surface area contributed by atoms with Crippen LogP contribution in [0.5, 0.6) is 0 Å². The molecule has 0 aromatic carbocycles. The molecule has 2 aliphatic rings. The van der Waals surface area contributed by atoms with Crippen molar-refractivity contribution in [2.45, 2.75) is 23.0 Å². The van der Waals surface area contributed by atoms with Crippen LogP contribution in [0.15, 0.2) is 39.9 Å². The highest BCUT2D eigenvalue weighted by Gasteiger charge is 2.53. The summed E-state index contributed by atoms with van der Waals surface area (Å²) in [5.41, 5.74) is 6.22. The van der Waals surface area contributed by atoms with Crippen LogP contribution in [0.1, 0.15) is 5.82 Å². The highest BCUT2D eigenvalue weighted by molar-refractivity contribution is 8.00. The summed E-state index contributed by atoms with van der Waals surface area (Å²) in [4.78, 5) is 47.7. The average Bonchev–Trinajstić information content (AvgIpc) is 3.50. The topological polar surface area (TPSA) is 197 Å². The van der Waals surface area contributed by atoms with Gasteiger partial charge >= 0.3 is 0 Å². The van der Waals surface area contributed by atoms with E-state index in [0.29, 0.717) is 11.2 Å². The van der Waals surface area contributed by atoms with Crippen molar-refractivity contribution in [1.29, 1.82) is 0 Å². The summed E-state index contributed by atoms with van der Waals surface area (Å²) in [5, 5.41) is 27.2. The molecule has 3 N–H and O–H groups in total. The molecule has 1 saturated heterocycles. The zero-order valence-corrected chi connectivity index (χ0v) is 21.7. The van der Waals surface area contributed by atoms with Crippen LogP contribution in [0.4, 0.5) is 5.13 Å². The third kappa shape index (κ3) is 4.46. The number of thioether (sulfide) groups is 2. The molecule has 2 amide bonds. The average molecular weight is 563 g/mol. The molecule has 0 spiro atoms. The molecule has 2 atom stereocenters. The van der Waals surface area contributed by atoms with E-state index in [1.165, 1.54) is 35.3 Å². The zero-order valence-electron chi connectivity index (χ0n) is 19.2. The molecule has 5 heterocycles. The maximum Gasteiger partial charge on any atom is 0.290 e. The third-order valence-corrected chi connectivity index (χ3v) is 8.03. The van der Waals surface area contributed by atoms with Crippen LogP contribution in [0.2, 0.25) is 0 Å². The van der Waals surface area contributed by atoms with Crippen molar-refractivity contribution >= 4 is 69.3 Å². The van der Waals surface area contributed by atoms with Crippen LogP contribution >= 0.6 is 35.1 Å². The lowest BCUT2D eigenvalue weighted by molar-refractivity contribution is -0.664. The number of aromatic nitrogens is 6. The molecule has 0 unspecified atom stereocenters. The number of oxime groups is 1. The maximum absolute atomic E-state index is 13.0. The van der Waals surface area contributed by atoms with Gasteiger partial charge in [0.05, 0.1) is 23.3 Å². The van der Waals surface area contributed by atoms with Gasteiger partial charge in [0.15, 0.2) is 5.13 Å². The van der Waals surface area contributed by atoms with Crippen LogP contribution in [0.25, 0.3) is 5.65 Å². The highest BCUT2D eigenvalue weighted by atomic mass is 32.2. The van der Waals surface area contributed by atoms with Crippen molar-refractivity contribution in [2.75, 3.05) is 24.9 Å². The molecule has 0 radical (unpaired) electrons. The van der Waals surface area contributed by atoms with Gasteiger partial charge in [-0.2, -0.15) is 9.36 Å². The number of nitrogens with two attached hydrogens (primary N) is 1. The van der Waals surface area contributed by atoms with Crippen molar-refractivity contribution < 1.29 is 28.9 Å². The number of hydrogen-bond acceptors (Lipinski definition) is 14. The molecule has 3 aromatic rings. The number of nitrogen functional groups attached to an aromatic ring is 1. The molecule has 0 aliphatic carbocycles. The van der Waals surface area contributed by atoms with Crippen molar-refractivity contribution in [3.8, 4) is 0 Å². The molecule has 18 heteroatoms. The maximum atomic E-state index is 13.0. The second-order valence-corrected chi connectivity index (χ2v) is 10.4. The van der Waals surface area contributed by atoms with Gasteiger partial charge < -0.3 is 25.8 Å². The van der Waals surface area contributed by atoms with Gasteiger partial charge in [0, 0.05) is 28.0 Å². The summed E-state index contributed by atoms with van der Waals surface area (Å²) in [6.07, 6.45) is 3.44. The van der Waals surface area contributed by atoms with E-state index in [2.05, 4.69) is 30.0 Å². The molecular formula is C19H18N10O5S3. The number of carboxylic acid groups (broad SMARTS) is 1. The van der Waals surface area contributed by atoms with E-state index in [-0.39, 0.29) is 34.7 Å². The van der Waals surface area contributed by atoms with E-state index in [4.69, 9.17) is 10.6 Å². The predicted octanol–water partition coefficient (Wildman–Crippen LogP) is -2.37. The van der Waals surface area contributed by atoms with Crippen LogP contribution in [-0.4, -0.2) is 83.1 Å². The number of carboxylic acids is 1. The van der Waals surface area contributed by atoms with Gasteiger partial charge in [-0.25, -0.2) is 4.57 Å². The van der Waals surface area contributed by atoms with Crippen LogP contribution in [-0.2, 0) is 25.8 Å². The fourth-order valence-corrected chi connectivity index (χ4v) is 6.04. The molecule has 1 fully saturated rings. The van der Waals surface area contributed by atoms with E-state index >= 15 is 0 Å². The van der Waals surface area contributed by atoms with Crippen LogP contribution in [0, 0.1) is 0 Å². The molecule has 192 valence electrons. The minimum absolute atomic E-state index is 0.0519.